The molecule has 1 aliphatic rings. The van der Waals surface area contributed by atoms with Crippen LogP contribution in [0.15, 0.2) is 24.3 Å². The Morgan fingerprint density at radius 3 is 2.80 bits per heavy atom. The van der Waals surface area contributed by atoms with Crippen LogP contribution < -0.4 is 0 Å². The molecule has 1 aromatic carbocycles. The number of rotatable bonds is 3. The van der Waals surface area contributed by atoms with Crippen LogP contribution in [0.5, 0.6) is 5.75 Å². The van der Waals surface area contributed by atoms with Crippen LogP contribution in [-0.2, 0) is 16.2 Å². The van der Waals surface area contributed by atoms with Gasteiger partial charge in [0.05, 0.1) is 0 Å². The average molecular weight is 208 g/mol. The summed E-state index contributed by atoms with van der Waals surface area (Å²) in [6.07, 6.45) is 1.79. The van der Waals surface area contributed by atoms with Gasteiger partial charge in [-0.25, -0.2) is 9.78 Å². The summed E-state index contributed by atoms with van der Waals surface area (Å²) in [4.78, 5) is 10.2. The maximum Gasteiger partial charge on any atom is 0.130 e. The molecule has 1 N–H and O–H groups in total. The van der Waals surface area contributed by atoms with Crippen molar-refractivity contribution in [3.63, 3.8) is 0 Å². The molecule has 0 bridgehead atoms. The van der Waals surface area contributed by atoms with Gasteiger partial charge in [0.2, 0.25) is 0 Å². The third-order valence-corrected chi connectivity index (χ3v) is 3.07. The minimum atomic E-state index is -0.175. The van der Waals surface area contributed by atoms with Crippen LogP contribution in [0.25, 0.3) is 0 Å². The van der Waals surface area contributed by atoms with Gasteiger partial charge in [-0.1, -0.05) is 19.1 Å². The van der Waals surface area contributed by atoms with Gasteiger partial charge in [0.1, 0.15) is 17.5 Å². The lowest BCUT2D eigenvalue weighted by Crippen LogP contribution is -2.54. The fraction of sp³-hybridized carbons (Fsp3) is 0.500. The van der Waals surface area contributed by atoms with Crippen LogP contribution in [0, 0.1) is 0 Å². The molecule has 0 saturated carbocycles. The van der Waals surface area contributed by atoms with Crippen molar-refractivity contribution < 1.29 is 14.9 Å². The Morgan fingerprint density at radius 2 is 2.27 bits per heavy atom. The van der Waals surface area contributed by atoms with E-state index in [1.807, 2.05) is 19.1 Å². The first kappa shape index (κ1) is 10.5. The van der Waals surface area contributed by atoms with E-state index in [-0.39, 0.29) is 11.7 Å². The van der Waals surface area contributed by atoms with Gasteiger partial charge in [-0.15, -0.1) is 0 Å². The predicted octanol–water partition coefficient (Wildman–Crippen LogP) is 2.43. The van der Waals surface area contributed by atoms with Crippen molar-refractivity contribution in [1.82, 2.24) is 0 Å². The van der Waals surface area contributed by atoms with E-state index >= 15 is 0 Å². The number of phenolic OH excluding ortho intramolecular Hbond substituents is 1. The van der Waals surface area contributed by atoms with Crippen molar-refractivity contribution in [2.45, 2.75) is 38.4 Å². The van der Waals surface area contributed by atoms with Crippen molar-refractivity contribution in [1.29, 1.82) is 0 Å². The third-order valence-electron chi connectivity index (χ3n) is 3.07. The molecule has 0 spiro atoms. The highest BCUT2D eigenvalue weighted by Gasteiger charge is 2.45. The quantitative estimate of drug-likeness (QED) is 0.775. The molecule has 82 valence electrons. The van der Waals surface area contributed by atoms with E-state index in [1.54, 1.807) is 12.1 Å². The molecule has 1 aliphatic heterocycles. The molecule has 1 fully saturated rings. The van der Waals surface area contributed by atoms with Gasteiger partial charge in [0, 0.05) is 6.42 Å². The van der Waals surface area contributed by atoms with Crippen LogP contribution in [-0.4, -0.2) is 16.8 Å². The van der Waals surface area contributed by atoms with Gasteiger partial charge >= 0.3 is 0 Å². The first-order valence-corrected chi connectivity index (χ1v) is 5.26. The highest BCUT2D eigenvalue weighted by molar-refractivity contribution is 5.28. The Morgan fingerprint density at radius 1 is 1.47 bits per heavy atom. The molecule has 2 atom stereocenters. The summed E-state index contributed by atoms with van der Waals surface area (Å²) in [5.41, 5.74) is 0.897. The molecule has 0 amide bonds. The van der Waals surface area contributed by atoms with Gasteiger partial charge in [0.25, 0.3) is 0 Å². The standard InChI is InChI=1S/C12H16O3/c1-3-12(2)11(14-15-12)8-9-5-4-6-10(13)7-9/h4-7,11,13H,3,8H2,1-2H3. The maximum atomic E-state index is 9.33. The molecular formula is C12H16O3. The summed E-state index contributed by atoms with van der Waals surface area (Å²) < 4.78 is 0. The molecular weight excluding hydrogens is 192 g/mol. The van der Waals surface area contributed by atoms with Gasteiger partial charge in [-0.05, 0) is 31.0 Å². The van der Waals surface area contributed by atoms with E-state index < -0.39 is 0 Å². The topological polar surface area (TPSA) is 38.7 Å². The highest BCUT2D eigenvalue weighted by Crippen LogP contribution is 2.35. The van der Waals surface area contributed by atoms with Gasteiger partial charge in [0.15, 0.2) is 0 Å². The molecule has 2 unspecified atom stereocenters. The number of phenols is 1. The average Bonchev–Trinajstić information content (AvgIpc) is 2.23. The van der Waals surface area contributed by atoms with Gasteiger partial charge in [-0.2, -0.15) is 0 Å². The Bertz CT molecular complexity index is 346. The molecule has 3 heteroatoms. The monoisotopic (exact) mass is 208 g/mol. The minimum absolute atomic E-state index is 0.0873. The Balaban J connectivity index is 2.04. The lowest BCUT2D eigenvalue weighted by molar-refractivity contribution is -0.505. The first-order chi connectivity index (χ1) is 7.14. The summed E-state index contributed by atoms with van der Waals surface area (Å²) in [5.74, 6) is 0.297. The van der Waals surface area contributed by atoms with Crippen molar-refractivity contribution in [2.75, 3.05) is 0 Å². The predicted molar refractivity (Wildman–Crippen MR) is 56.5 cm³/mol. The smallest absolute Gasteiger partial charge is 0.130 e. The first-order valence-electron chi connectivity index (χ1n) is 5.26. The van der Waals surface area contributed by atoms with Crippen molar-refractivity contribution in [3.05, 3.63) is 29.8 Å². The third kappa shape index (κ3) is 1.98. The summed E-state index contributed by atoms with van der Waals surface area (Å²) >= 11 is 0. The molecule has 1 saturated heterocycles. The maximum absolute atomic E-state index is 9.33. The molecule has 2 rings (SSSR count). The van der Waals surface area contributed by atoms with Crippen LogP contribution in [0.4, 0.5) is 0 Å². The Hall–Kier alpha value is -1.06. The van der Waals surface area contributed by atoms with E-state index in [2.05, 4.69) is 6.92 Å². The van der Waals surface area contributed by atoms with E-state index in [0.29, 0.717) is 5.75 Å². The molecule has 1 aromatic rings. The molecule has 1 heterocycles. The second kappa shape index (κ2) is 3.83. The Kier molecular flexibility index (Phi) is 2.67. The summed E-state index contributed by atoms with van der Waals surface area (Å²) in [7, 11) is 0. The van der Waals surface area contributed by atoms with E-state index in [9.17, 15) is 5.11 Å². The fourth-order valence-corrected chi connectivity index (χ4v) is 1.71. The lowest BCUT2D eigenvalue weighted by Gasteiger charge is -2.44. The zero-order chi connectivity index (χ0) is 10.9. The largest absolute Gasteiger partial charge is 0.508 e. The number of aromatic hydroxyl groups is 1. The minimum Gasteiger partial charge on any atom is -0.508 e. The molecule has 0 radical (unpaired) electrons. The van der Waals surface area contributed by atoms with Gasteiger partial charge < -0.3 is 5.11 Å². The number of hydrogen-bond acceptors (Lipinski definition) is 3. The van der Waals surface area contributed by atoms with Crippen molar-refractivity contribution >= 4 is 0 Å². The molecule has 0 aliphatic carbocycles. The van der Waals surface area contributed by atoms with E-state index in [0.717, 1.165) is 18.4 Å². The number of hydrogen-bond donors (Lipinski definition) is 1. The zero-order valence-corrected chi connectivity index (χ0v) is 9.06. The lowest BCUT2D eigenvalue weighted by atomic mass is 9.89. The van der Waals surface area contributed by atoms with Crippen LogP contribution >= 0.6 is 0 Å². The van der Waals surface area contributed by atoms with Gasteiger partial charge in [-0.3, -0.25) is 0 Å². The Labute approximate surface area is 89.6 Å². The fourth-order valence-electron chi connectivity index (χ4n) is 1.71. The van der Waals surface area contributed by atoms with Crippen LogP contribution in [0.3, 0.4) is 0 Å². The highest BCUT2D eigenvalue weighted by atomic mass is 17.3. The number of benzene rings is 1. The molecule has 15 heavy (non-hydrogen) atoms. The second-order valence-electron chi connectivity index (χ2n) is 4.21. The summed E-state index contributed by atoms with van der Waals surface area (Å²) in [6.45, 7) is 4.13. The van der Waals surface area contributed by atoms with Crippen LogP contribution in [0.2, 0.25) is 0 Å². The van der Waals surface area contributed by atoms with E-state index in [4.69, 9.17) is 9.78 Å². The van der Waals surface area contributed by atoms with Crippen molar-refractivity contribution in [3.8, 4) is 5.75 Å². The van der Waals surface area contributed by atoms with Crippen LogP contribution in [0.1, 0.15) is 25.8 Å². The molecule has 0 aromatic heterocycles. The SMILES string of the molecule is CCC1(C)OOC1Cc1cccc(O)c1. The van der Waals surface area contributed by atoms with Crippen molar-refractivity contribution in [2.24, 2.45) is 0 Å². The normalized spacial score (nSPS) is 29.9. The molecule has 3 nitrogen and oxygen atoms in total. The zero-order valence-electron chi connectivity index (χ0n) is 9.06. The summed E-state index contributed by atoms with van der Waals surface area (Å²) in [5, 5.41) is 9.33. The summed E-state index contributed by atoms with van der Waals surface area (Å²) in [6, 6.07) is 7.25. The second-order valence-corrected chi connectivity index (χ2v) is 4.21. The van der Waals surface area contributed by atoms with E-state index in [1.165, 1.54) is 0 Å².